The van der Waals surface area contributed by atoms with Gasteiger partial charge in [0.25, 0.3) is 0 Å². The standard InChI is InChI=1S/C20H24O2/c1-2-22-20(21)13-7-5-3-4-6-10-17-14-15-18-11-8-9-12-19(18)16-17/h6,8-12,14-16H,2-5,7,13H2,1H3. The second kappa shape index (κ2) is 9.04. The van der Waals surface area contributed by atoms with E-state index in [1.807, 2.05) is 6.92 Å². The molecule has 0 spiro atoms. The SMILES string of the molecule is CCOC(=O)CCCCCC=Cc1ccc2ccccc2c1. The minimum Gasteiger partial charge on any atom is -0.466 e. The van der Waals surface area contributed by atoms with E-state index in [1.165, 1.54) is 16.3 Å². The highest BCUT2D eigenvalue weighted by atomic mass is 16.5. The van der Waals surface area contributed by atoms with Crippen LogP contribution in [0.4, 0.5) is 0 Å². The molecule has 2 nitrogen and oxygen atoms in total. The summed E-state index contributed by atoms with van der Waals surface area (Å²) in [7, 11) is 0. The molecule has 0 aliphatic carbocycles. The predicted octanol–water partition coefficient (Wildman–Crippen LogP) is 5.37. The van der Waals surface area contributed by atoms with Crippen LogP contribution >= 0.6 is 0 Å². The average Bonchev–Trinajstić information content (AvgIpc) is 2.54. The second-order valence-corrected chi connectivity index (χ2v) is 5.41. The zero-order chi connectivity index (χ0) is 15.6. The molecule has 0 heterocycles. The van der Waals surface area contributed by atoms with Crippen LogP contribution in [0.1, 0.15) is 44.6 Å². The van der Waals surface area contributed by atoms with Crippen molar-refractivity contribution in [1.29, 1.82) is 0 Å². The third-order valence-corrected chi connectivity index (χ3v) is 3.64. The molecule has 0 radical (unpaired) electrons. The zero-order valence-electron chi connectivity index (χ0n) is 13.3. The van der Waals surface area contributed by atoms with Gasteiger partial charge in [0.2, 0.25) is 0 Å². The molecule has 0 saturated carbocycles. The number of carbonyl (C=O) groups is 1. The second-order valence-electron chi connectivity index (χ2n) is 5.41. The van der Waals surface area contributed by atoms with Crippen LogP contribution in [-0.4, -0.2) is 12.6 Å². The predicted molar refractivity (Wildman–Crippen MR) is 92.7 cm³/mol. The minimum atomic E-state index is -0.0748. The first kappa shape index (κ1) is 16.3. The van der Waals surface area contributed by atoms with Crippen LogP contribution in [-0.2, 0) is 9.53 Å². The highest BCUT2D eigenvalue weighted by Crippen LogP contribution is 2.17. The van der Waals surface area contributed by atoms with E-state index in [0.717, 1.165) is 25.7 Å². The van der Waals surface area contributed by atoms with Gasteiger partial charge < -0.3 is 4.74 Å². The Balaban J connectivity index is 1.69. The molecule has 0 unspecified atom stereocenters. The fourth-order valence-electron chi connectivity index (χ4n) is 2.47. The van der Waals surface area contributed by atoms with E-state index < -0.39 is 0 Å². The minimum absolute atomic E-state index is 0.0748. The van der Waals surface area contributed by atoms with E-state index >= 15 is 0 Å². The van der Waals surface area contributed by atoms with Crippen LogP contribution in [0, 0.1) is 0 Å². The van der Waals surface area contributed by atoms with Gasteiger partial charge in [-0.05, 0) is 48.6 Å². The molecule has 2 aromatic rings. The Morgan fingerprint density at radius 3 is 2.68 bits per heavy atom. The molecule has 22 heavy (non-hydrogen) atoms. The number of benzene rings is 2. The Kier molecular flexibility index (Phi) is 6.69. The van der Waals surface area contributed by atoms with Crippen LogP contribution in [0.3, 0.4) is 0 Å². The van der Waals surface area contributed by atoms with Gasteiger partial charge in [-0.1, -0.05) is 55.0 Å². The monoisotopic (exact) mass is 296 g/mol. The quantitative estimate of drug-likeness (QED) is 0.484. The van der Waals surface area contributed by atoms with E-state index in [9.17, 15) is 4.79 Å². The highest BCUT2D eigenvalue weighted by molar-refractivity contribution is 5.84. The number of ether oxygens (including phenoxy) is 1. The lowest BCUT2D eigenvalue weighted by molar-refractivity contribution is -0.143. The average molecular weight is 296 g/mol. The summed E-state index contributed by atoms with van der Waals surface area (Å²) < 4.78 is 4.91. The summed E-state index contributed by atoms with van der Waals surface area (Å²) >= 11 is 0. The Labute approximate surface area is 132 Å². The number of esters is 1. The van der Waals surface area contributed by atoms with E-state index in [1.54, 1.807) is 0 Å². The van der Waals surface area contributed by atoms with Crippen molar-refractivity contribution in [3.05, 3.63) is 54.1 Å². The molecule has 0 saturated heterocycles. The summed E-state index contributed by atoms with van der Waals surface area (Å²) in [5.74, 6) is -0.0748. The number of unbranched alkanes of at least 4 members (excludes halogenated alkanes) is 3. The lowest BCUT2D eigenvalue weighted by Gasteiger charge is -2.01. The van der Waals surface area contributed by atoms with E-state index in [0.29, 0.717) is 13.0 Å². The number of allylic oxidation sites excluding steroid dienone is 1. The first-order chi connectivity index (χ1) is 10.8. The van der Waals surface area contributed by atoms with Crippen molar-refractivity contribution in [3.8, 4) is 0 Å². The topological polar surface area (TPSA) is 26.3 Å². The molecular weight excluding hydrogens is 272 g/mol. The zero-order valence-corrected chi connectivity index (χ0v) is 13.3. The first-order valence-corrected chi connectivity index (χ1v) is 8.10. The maximum Gasteiger partial charge on any atom is 0.305 e. The van der Waals surface area contributed by atoms with E-state index in [-0.39, 0.29) is 5.97 Å². The molecule has 0 aliphatic rings. The van der Waals surface area contributed by atoms with Gasteiger partial charge in [0.1, 0.15) is 0 Å². The van der Waals surface area contributed by atoms with Crippen LogP contribution in [0.15, 0.2) is 48.5 Å². The first-order valence-electron chi connectivity index (χ1n) is 8.10. The lowest BCUT2D eigenvalue weighted by Crippen LogP contribution is -2.02. The summed E-state index contributed by atoms with van der Waals surface area (Å²) in [4.78, 5) is 11.2. The van der Waals surface area contributed by atoms with Gasteiger partial charge in [-0.2, -0.15) is 0 Å². The summed E-state index contributed by atoms with van der Waals surface area (Å²) in [5, 5.41) is 2.55. The van der Waals surface area contributed by atoms with Gasteiger partial charge in [-0.15, -0.1) is 0 Å². The van der Waals surface area contributed by atoms with Crippen LogP contribution in [0.2, 0.25) is 0 Å². The van der Waals surface area contributed by atoms with Crippen molar-refractivity contribution in [1.82, 2.24) is 0 Å². The van der Waals surface area contributed by atoms with Crippen molar-refractivity contribution in [3.63, 3.8) is 0 Å². The van der Waals surface area contributed by atoms with Crippen molar-refractivity contribution in [2.75, 3.05) is 6.61 Å². The van der Waals surface area contributed by atoms with Gasteiger partial charge in [-0.3, -0.25) is 4.79 Å². The van der Waals surface area contributed by atoms with E-state index in [2.05, 4.69) is 54.6 Å². The van der Waals surface area contributed by atoms with Gasteiger partial charge >= 0.3 is 5.97 Å². The fraction of sp³-hybridized carbons (Fsp3) is 0.350. The molecule has 0 aliphatic heterocycles. The number of hydrogen-bond acceptors (Lipinski definition) is 2. The van der Waals surface area contributed by atoms with Crippen molar-refractivity contribution < 1.29 is 9.53 Å². The van der Waals surface area contributed by atoms with Crippen LogP contribution in [0.25, 0.3) is 16.8 Å². The molecular formula is C20H24O2. The normalized spacial score (nSPS) is 11.1. The summed E-state index contributed by atoms with van der Waals surface area (Å²) in [6.07, 6.45) is 9.09. The summed E-state index contributed by atoms with van der Waals surface area (Å²) in [6.45, 7) is 2.32. The molecule has 0 amide bonds. The largest absolute Gasteiger partial charge is 0.466 e. The third-order valence-electron chi connectivity index (χ3n) is 3.64. The molecule has 2 heteroatoms. The van der Waals surface area contributed by atoms with Gasteiger partial charge in [-0.25, -0.2) is 0 Å². The summed E-state index contributed by atoms with van der Waals surface area (Å²) in [6, 6.07) is 14.9. The van der Waals surface area contributed by atoms with Gasteiger partial charge in [0.05, 0.1) is 6.61 Å². The Morgan fingerprint density at radius 2 is 1.86 bits per heavy atom. The van der Waals surface area contributed by atoms with Crippen LogP contribution < -0.4 is 0 Å². The number of rotatable bonds is 8. The van der Waals surface area contributed by atoms with Crippen molar-refractivity contribution in [2.24, 2.45) is 0 Å². The van der Waals surface area contributed by atoms with Crippen molar-refractivity contribution in [2.45, 2.75) is 39.0 Å². The molecule has 0 aromatic heterocycles. The van der Waals surface area contributed by atoms with Crippen LogP contribution in [0.5, 0.6) is 0 Å². The maximum absolute atomic E-state index is 11.2. The molecule has 2 rings (SSSR count). The lowest BCUT2D eigenvalue weighted by atomic mass is 10.1. The Morgan fingerprint density at radius 1 is 1.05 bits per heavy atom. The molecule has 0 N–H and O–H groups in total. The molecule has 2 aromatic carbocycles. The van der Waals surface area contributed by atoms with Gasteiger partial charge in [0.15, 0.2) is 0 Å². The fourth-order valence-corrected chi connectivity index (χ4v) is 2.47. The molecule has 0 bridgehead atoms. The highest BCUT2D eigenvalue weighted by Gasteiger charge is 1.99. The Hall–Kier alpha value is -2.09. The number of carbonyl (C=O) groups excluding carboxylic acids is 1. The summed E-state index contributed by atoms with van der Waals surface area (Å²) in [5.41, 5.74) is 1.24. The van der Waals surface area contributed by atoms with Gasteiger partial charge in [0, 0.05) is 6.42 Å². The van der Waals surface area contributed by atoms with E-state index in [4.69, 9.17) is 4.74 Å². The molecule has 0 fully saturated rings. The number of fused-ring (bicyclic) bond motifs is 1. The Bertz CT molecular complexity index is 628. The van der Waals surface area contributed by atoms with Crippen molar-refractivity contribution >= 4 is 22.8 Å². The number of hydrogen-bond donors (Lipinski definition) is 0. The smallest absolute Gasteiger partial charge is 0.305 e. The third kappa shape index (κ3) is 5.36. The molecule has 0 atom stereocenters. The maximum atomic E-state index is 11.2. The molecule has 116 valence electrons.